The first-order valence-electron chi connectivity index (χ1n) is 7.40. The van der Waals surface area contributed by atoms with Crippen LogP contribution in [-0.4, -0.2) is 39.4 Å². The van der Waals surface area contributed by atoms with Gasteiger partial charge in [0.25, 0.3) is 0 Å². The summed E-state index contributed by atoms with van der Waals surface area (Å²) in [6, 6.07) is 7.40. The number of benzene rings is 1. The quantitative estimate of drug-likeness (QED) is 0.725. The Morgan fingerprint density at radius 3 is 2.60 bits per heavy atom. The predicted molar refractivity (Wildman–Crippen MR) is 81.7 cm³/mol. The number of hydrogen-bond donors (Lipinski definition) is 2. The maximum absolute atomic E-state index is 5.32. The van der Waals surface area contributed by atoms with Crippen LogP contribution in [0.2, 0.25) is 0 Å². The standard InChI is InChI=1S/C16H26N2O2/c1-12(11-18-14-5-6-14)17-9-8-13-4-7-15(19-2)16(10-13)20-3/h4,7,10,12,14,17-18H,5-6,8-9,11H2,1-3H3. The van der Waals surface area contributed by atoms with Crippen molar-refractivity contribution in [1.82, 2.24) is 10.6 Å². The largest absolute Gasteiger partial charge is 0.493 e. The van der Waals surface area contributed by atoms with Crippen molar-refractivity contribution in [3.05, 3.63) is 23.8 Å². The Hall–Kier alpha value is -1.26. The van der Waals surface area contributed by atoms with Gasteiger partial charge in [-0.2, -0.15) is 0 Å². The molecule has 0 heterocycles. The molecule has 1 aromatic rings. The van der Waals surface area contributed by atoms with Crippen LogP contribution in [0.5, 0.6) is 11.5 Å². The Morgan fingerprint density at radius 1 is 1.20 bits per heavy atom. The van der Waals surface area contributed by atoms with E-state index in [1.807, 2.05) is 12.1 Å². The van der Waals surface area contributed by atoms with Crippen molar-refractivity contribution in [2.75, 3.05) is 27.3 Å². The highest BCUT2D eigenvalue weighted by Gasteiger charge is 2.20. The summed E-state index contributed by atoms with van der Waals surface area (Å²) in [7, 11) is 3.33. The van der Waals surface area contributed by atoms with Crippen LogP contribution in [0.25, 0.3) is 0 Å². The van der Waals surface area contributed by atoms with Crippen molar-refractivity contribution in [3.8, 4) is 11.5 Å². The van der Waals surface area contributed by atoms with Crippen LogP contribution in [0.3, 0.4) is 0 Å². The molecule has 0 bridgehead atoms. The third-order valence-electron chi connectivity index (χ3n) is 3.64. The summed E-state index contributed by atoms with van der Waals surface area (Å²) >= 11 is 0. The normalized spacial score (nSPS) is 15.9. The fourth-order valence-electron chi connectivity index (χ4n) is 2.20. The molecule has 4 heteroatoms. The Kier molecular flexibility index (Phi) is 5.68. The molecule has 0 aromatic heterocycles. The third kappa shape index (κ3) is 4.69. The Labute approximate surface area is 121 Å². The van der Waals surface area contributed by atoms with Gasteiger partial charge in [0, 0.05) is 18.6 Å². The van der Waals surface area contributed by atoms with Gasteiger partial charge in [0.05, 0.1) is 14.2 Å². The van der Waals surface area contributed by atoms with Gasteiger partial charge in [-0.05, 0) is 50.4 Å². The molecule has 2 rings (SSSR count). The summed E-state index contributed by atoms with van der Waals surface area (Å²) < 4.78 is 10.6. The van der Waals surface area contributed by atoms with E-state index in [0.29, 0.717) is 6.04 Å². The molecule has 1 aliphatic rings. The van der Waals surface area contributed by atoms with Crippen LogP contribution in [0.1, 0.15) is 25.3 Å². The van der Waals surface area contributed by atoms with E-state index < -0.39 is 0 Å². The minimum Gasteiger partial charge on any atom is -0.493 e. The van der Waals surface area contributed by atoms with Crippen molar-refractivity contribution in [2.45, 2.75) is 38.3 Å². The highest BCUT2D eigenvalue weighted by Crippen LogP contribution is 2.27. The second kappa shape index (κ2) is 7.50. The second-order valence-corrected chi connectivity index (χ2v) is 5.48. The topological polar surface area (TPSA) is 42.5 Å². The summed E-state index contributed by atoms with van der Waals surface area (Å²) in [6.45, 7) is 4.25. The molecule has 20 heavy (non-hydrogen) atoms. The first-order valence-corrected chi connectivity index (χ1v) is 7.40. The van der Waals surface area contributed by atoms with Crippen molar-refractivity contribution in [1.29, 1.82) is 0 Å². The molecule has 0 aliphatic heterocycles. The van der Waals surface area contributed by atoms with Crippen LogP contribution in [0, 0.1) is 0 Å². The molecule has 2 N–H and O–H groups in total. The van der Waals surface area contributed by atoms with E-state index >= 15 is 0 Å². The predicted octanol–water partition coefficient (Wildman–Crippen LogP) is 1.98. The van der Waals surface area contributed by atoms with E-state index in [-0.39, 0.29) is 0 Å². The average Bonchev–Trinajstić information content (AvgIpc) is 3.29. The monoisotopic (exact) mass is 278 g/mol. The number of ether oxygens (including phenoxy) is 2. The van der Waals surface area contributed by atoms with Crippen LogP contribution in [0.4, 0.5) is 0 Å². The van der Waals surface area contributed by atoms with Gasteiger partial charge in [0.2, 0.25) is 0 Å². The Bertz CT molecular complexity index is 419. The summed E-state index contributed by atoms with van der Waals surface area (Å²) in [5.74, 6) is 1.58. The van der Waals surface area contributed by atoms with Gasteiger partial charge < -0.3 is 20.1 Å². The molecular formula is C16H26N2O2. The van der Waals surface area contributed by atoms with E-state index in [2.05, 4.69) is 23.6 Å². The lowest BCUT2D eigenvalue weighted by Crippen LogP contribution is -2.38. The number of hydrogen-bond acceptors (Lipinski definition) is 4. The third-order valence-corrected chi connectivity index (χ3v) is 3.64. The highest BCUT2D eigenvalue weighted by atomic mass is 16.5. The van der Waals surface area contributed by atoms with Gasteiger partial charge in [-0.1, -0.05) is 6.07 Å². The fraction of sp³-hybridized carbons (Fsp3) is 0.625. The van der Waals surface area contributed by atoms with Crippen LogP contribution >= 0.6 is 0 Å². The Balaban J connectivity index is 1.72. The minimum absolute atomic E-state index is 0.510. The van der Waals surface area contributed by atoms with Crippen molar-refractivity contribution in [3.63, 3.8) is 0 Å². The highest BCUT2D eigenvalue weighted by molar-refractivity contribution is 5.42. The van der Waals surface area contributed by atoms with E-state index in [4.69, 9.17) is 9.47 Å². The fourth-order valence-corrected chi connectivity index (χ4v) is 2.20. The summed E-state index contributed by atoms with van der Waals surface area (Å²) in [4.78, 5) is 0. The van der Waals surface area contributed by atoms with E-state index in [1.165, 1.54) is 18.4 Å². The molecule has 112 valence electrons. The van der Waals surface area contributed by atoms with Crippen molar-refractivity contribution < 1.29 is 9.47 Å². The summed E-state index contributed by atoms with van der Waals surface area (Å²) in [5.41, 5.74) is 1.26. The molecule has 0 spiro atoms. The molecule has 1 saturated carbocycles. The average molecular weight is 278 g/mol. The zero-order valence-electron chi connectivity index (χ0n) is 12.7. The van der Waals surface area contributed by atoms with E-state index in [1.54, 1.807) is 14.2 Å². The summed E-state index contributed by atoms with van der Waals surface area (Å²) in [5, 5.41) is 7.09. The molecule has 0 radical (unpaired) electrons. The molecule has 0 amide bonds. The second-order valence-electron chi connectivity index (χ2n) is 5.48. The molecule has 4 nitrogen and oxygen atoms in total. The first-order chi connectivity index (χ1) is 9.72. The van der Waals surface area contributed by atoms with Gasteiger partial charge in [-0.25, -0.2) is 0 Å². The SMILES string of the molecule is COc1ccc(CCNC(C)CNC2CC2)cc1OC. The molecule has 1 aromatic carbocycles. The zero-order chi connectivity index (χ0) is 14.4. The number of nitrogens with one attached hydrogen (secondary N) is 2. The van der Waals surface area contributed by atoms with E-state index in [9.17, 15) is 0 Å². The molecular weight excluding hydrogens is 252 g/mol. The maximum Gasteiger partial charge on any atom is 0.160 e. The van der Waals surface area contributed by atoms with Gasteiger partial charge in [-0.15, -0.1) is 0 Å². The van der Waals surface area contributed by atoms with Gasteiger partial charge in [0.15, 0.2) is 11.5 Å². The smallest absolute Gasteiger partial charge is 0.160 e. The first kappa shape index (κ1) is 15.1. The number of rotatable bonds is 9. The van der Waals surface area contributed by atoms with Gasteiger partial charge in [0.1, 0.15) is 0 Å². The lowest BCUT2D eigenvalue weighted by molar-refractivity contribution is 0.354. The van der Waals surface area contributed by atoms with Gasteiger partial charge >= 0.3 is 0 Å². The van der Waals surface area contributed by atoms with Gasteiger partial charge in [-0.3, -0.25) is 0 Å². The van der Waals surface area contributed by atoms with Crippen LogP contribution in [-0.2, 0) is 6.42 Å². The minimum atomic E-state index is 0.510. The number of methoxy groups -OCH3 is 2. The van der Waals surface area contributed by atoms with Crippen LogP contribution in [0.15, 0.2) is 18.2 Å². The summed E-state index contributed by atoms with van der Waals surface area (Å²) in [6.07, 6.45) is 3.69. The molecule has 1 aliphatic carbocycles. The molecule has 1 atom stereocenters. The molecule has 1 fully saturated rings. The molecule has 1 unspecified atom stereocenters. The molecule has 0 saturated heterocycles. The Morgan fingerprint density at radius 2 is 1.95 bits per heavy atom. The van der Waals surface area contributed by atoms with Crippen molar-refractivity contribution in [2.24, 2.45) is 0 Å². The van der Waals surface area contributed by atoms with E-state index in [0.717, 1.165) is 37.1 Å². The zero-order valence-corrected chi connectivity index (χ0v) is 12.7. The lowest BCUT2D eigenvalue weighted by atomic mass is 10.1. The van der Waals surface area contributed by atoms with Crippen molar-refractivity contribution >= 4 is 0 Å². The lowest BCUT2D eigenvalue weighted by Gasteiger charge is -2.15. The maximum atomic E-state index is 5.32. The van der Waals surface area contributed by atoms with Crippen LogP contribution < -0.4 is 20.1 Å².